The van der Waals surface area contributed by atoms with Gasteiger partial charge in [0.05, 0.1) is 42.8 Å². The Kier molecular flexibility index (Phi) is 30.9. The summed E-state index contributed by atoms with van der Waals surface area (Å²) in [6, 6.07) is 11.6. The van der Waals surface area contributed by atoms with Crippen LogP contribution in [0.2, 0.25) is 0 Å². The van der Waals surface area contributed by atoms with E-state index in [9.17, 15) is 29.4 Å². The number of β-amino-alcohol motifs (C(OH)–C–C–N with tert-alkyl or cyclic N) is 2. The van der Waals surface area contributed by atoms with E-state index in [0.717, 1.165) is 79.6 Å². The summed E-state index contributed by atoms with van der Waals surface area (Å²) in [7, 11) is 2.32. The number of likely N-dealkylation sites (tertiary alicyclic amines) is 2. The molecule has 28 heteroatoms. The van der Waals surface area contributed by atoms with Crippen LogP contribution in [-0.4, -0.2) is 192 Å². The van der Waals surface area contributed by atoms with Crippen LogP contribution >= 0.6 is 27.0 Å². The third-order valence-corrected chi connectivity index (χ3v) is 16.1. The highest BCUT2D eigenvalue weighted by Crippen LogP contribution is 2.32. The molecule has 2 aromatic carbocycles. The number of aliphatic hydroxyl groups is 3. The first-order valence-electron chi connectivity index (χ1n) is 30.5. The zero-order valence-electron chi connectivity index (χ0n) is 55.0. The average Bonchev–Trinajstić information content (AvgIpc) is 0.903. The number of nitrogens with zero attached hydrogens (tertiary/aromatic N) is 10. The van der Waals surface area contributed by atoms with Gasteiger partial charge in [0, 0.05) is 123 Å². The van der Waals surface area contributed by atoms with Crippen molar-refractivity contribution >= 4 is 62.3 Å². The molecule has 0 unspecified atom stereocenters. The van der Waals surface area contributed by atoms with Crippen molar-refractivity contribution in [2.75, 3.05) is 90.3 Å². The number of ether oxygens (including phenoxy) is 3. The minimum absolute atomic E-state index is 0. The first-order chi connectivity index (χ1) is 43.0. The summed E-state index contributed by atoms with van der Waals surface area (Å²) >= 11 is 0. The average molecular weight is 1330 g/mol. The molecule has 2 atom stereocenters. The number of fused-ring (bicyclic) bond motifs is 2. The zero-order valence-corrected chi connectivity index (χ0v) is 57.0. The Hall–Kier alpha value is -7.44. The first-order valence-corrected chi connectivity index (χ1v) is 30.5. The van der Waals surface area contributed by atoms with E-state index in [0.29, 0.717) is 88.9 Å². The number of hydrogen-bond donors (Lipinski definition) is 7. The zero-order chi connectivity index (χ0) is 65.3. The minimum Gasteiger partial charge on any atom is -0.485 e. The van der Waals surface area contributed by atoms with Gasteiger partial charge in [0.2, 0.25) is 11.8 Å². The fraction of sp³-hybridized carbons (Fsp3) is 0.538. The largest absolute Gasteiger partial charge is 0.485 e. The Morgan fingerprint density at radius 1 is 0.656 bits per heavy atom. The summed E-state index contributed by atoms with van der Waals surface area (Å²) in [5.74, 6) is 4.87. The number of oxazole rings is 2. The normalized spacial score (nSPS) is 14.9. The number of nitrogens with two attached hydrogens (primary N) is 1. The van der Waals surface area contributed by atoms with Gasteiger partial charge in [-0.25, -0.2) is 34.7 Å². The van der Waals surface area contributed by atoms with Gasteiger partial charge in [-0.1, -0.05) is 47.3 Å². The number of nitrogens with one attached hydrogen (secondary N) is 3. The van der Waals surface area contributed by atoms with Crippen molar-refractivity contribution in [1.29, 1.82) is 0 Å². The number of amides is 3. The van der Waals surface area contributed by atoms with Gasteiger partial charge < -0.3 is 69.8 Å². The SMILES string of the molecule is C.CC(=O)N1CC(Nc2cc(C(=O)NC[C@H](O)CN3CCc4c(ccc(OCc5ocnc5C)c4C)C3)nc(C(C)C)n2)C1.CO.COC(=O)c1cc(NC2CN(C(C)=O)C2)nc(C(C)C)n1.Cc1ncoc1COc1ccc2c(c1C)CCN(C[C@@H](O)CN)C2.S.S. The van der Waals surface area contributed by atoms with Crippen LogP contribution in [0.15, 0.2) is 58.0 Å². The van der Waals surface area contributed by atoms with E-state index < -0.39 is 18.2 Å². The van der Waals surface area contributed by atoms with Crippen LogP contribution in [0.1, 0.15) is 150 Å². The van der Waals surface area contributed by atoms with Gasteiger partial charge >= 0.3 is 5.97 Å². The summed E-state index contributed by atoms with van der Waals surface area (Å²) in [6.45, 7) is 26.9. The van der Waals surface area contributed by atoms with Crippen LogP contribution in [0.5, 0.6) is 11.5 Å². The van der Waals surface area contributed by atoms with Crippen molar-refractivity contribution in [2.45, 2.75) is 152 Å². The smallest absolute Gasteiger partial charge is 0.356 e. The van der Waals surface area contributed by atoms with Crippen molar-refractivity contribution in [3.05, 3.63) is 129 Å². The molecule has 8 N–H and O–H groups in total. The number of aryl methyl sites for hydroxylation is 2. The molecule has 93 heavy (non-hydrogen) atoms. The predicted molar refractivity (Wildman–Crippen MR) is 363 cm³/mol. The van der Waals surface area contributed by atoms with Gasteiger partial charge in [-0.2, -0.15) is 27.0 Å². The lowest BCUT2D eigenvalue weighted by Crippen LogP contribution is -2.56. The molecule has 4 aliphatic rings. The lowest BCUT2D eigenvalue weighted by molar-refractivity contribution is -0.133. The van der Waals surface area contributed by atoms with Crippen LogP contribution in [-0.2, 0) is 53.5 Å². The number of carbonyl (C=O) groups is 4. The number of benzene rings is 2. The maximum absolute atomic E-state index is 13.0. The fourth-order valence-electron chi connectivity index (χ4n) is 10.6. The third kappa shape index (κ3) is 21.5. The number of aliphatic hydroxyl groups excluding tert-OH is 3. The second kappa shape index (κ2) is 36.9. The van der Waals surface area contributed by atoms with Gasteiger partial charge in [-0.05, 0) is 86.1 Å². The maximum Gasteiger partial charge on any atom is 0.356 e. The molecular weight excluding hydrogens is 1230 g/mol. The van der Waals surface area contributed by atoms with Crippen molar-refractivity contribution in [3.63, 3.8) is 0 Å². The summed E-state index contributed by atoms with van der Waals surface area (Å²) in [5, 5.41) is 36.9. The molecule has 6 aromatic rings. The first kappa shape index (κ1) is 78.0. The van der Waals surface area contributed by atoms with E-state index in [2.05, 4.69) is 81.6 Å². The molecule has 4 aliphatic heterocycles. The fourth-order valence-corrected chi connectivity index (χ4v) is 10.6. The molecule has 2 fully saturated rings. The van der Waals surface area contributed by atoms with E-state index in [-0.39, 0.29) is 94.0 Å². The summed E-state index contributed by atoms with van der Waals surface area (Å²) in [5.41, 5.74) is 15.1. The number of rotatable bonds is 21. The molecule has 512 valence electrons. The van der Waals surface area contributed by atoms with Crippen molar-refractivity contribution in [3.8, 4) is 11.5 Å². The Labute approximate surface area is 560 Å². The van der Waals surface area contributed by atoms with Crippen LogP contribution in [0, 0.1) is 27.7 Å². The molecule has 0 bridgehead atoms. The monoisotopic (exact) mass is 1330 g/mol. The topological polar surface area (TPSA) is 335 Å². The van der Waals surface area contributed by atoms with Crippen molar-refractivity contribution in [1.82, 2.24) is 54.8 Å². The van der Waals surface area contributed by atoms with Gasteiger partial charge in [0.1, 0.15) is 53.7 Å². The quantitative estimate of drug-likeness (QED) is 0.0430. The van der Waals surface area contributed by atoms with Crippen molar-refractivity contribution < 1.29 is 57.5 Å². The molecule has 10 rings (SSSR count). The predicted octanol–water partition coefficient (Wildman–Crippen LogP) is 5.62. The molecule has 3 amide bonds. The van der Waals surface area contributed by atoms with Crippen LogP contribution < -0.4 is 31.2 Å². The molecule has 0 spiro atoms. The van der Waals surface area contributed by atoms with Crippen LogP contribution in [0.4, 0.5) is 11.6 Å². The standard InChI is InChI=1S/C31H41N7O5.C18H25N3O3.C14H20N4O3.CH4O.CH4.2H2S/c1-18(2)30-35-26(10-29(36-30)34-23-13-38(14-23)21(5)39)31(41)32-11-24(40)15-37-9-8-25-19(3)27(7-6-22(25)12-37)42-16-28-20(4)33-17-43-28;1-12-16-5-6-21(9-15(22)7-19)8-14(16)3-4-17(12)23-10-18-13(2)20-11-24-18;1-8(2)13-16-11(14(20)21-4)5-12(17-13)15-10-6-18(7-10)9(3)19;1-2;;;/h6-7,10,17-18,23-24,40H,8-9,11-16H2,1-5H3,(H,32,41)(H,34,35,36);3-4,11,15,22H,5-10,19H2,1-2H3;5,8,10H,6-7H2,1-4H3,(H,15,16,17);2H,1H3;1H4;2*1H2/t24-;15-;;;;;/m00...../s1. The number of esters is 1. The summed E-state index contributed by atoms with van der Waals surface area (Å²) in [4.78, 5) is 81.1. The number of carbonyl (C=O) groups excluding carboxylic acids is 4. The highest BCUT2D eigenvalue weighted by atomic mass is 32.1. The van der Waals surface area contributed by atoms with E-state index in [1.54, 1.807) is 35.8 Å². The number of methoxy groups -OCH3 is 1. The molecule has 2 saturated heterocycles. The van der Waals surface area contributed by atoms with Gasteiger partial charge in [0.25, 0.3) is 5.91 Å². The number of aromatic nitrogens is 6. The summed E-state index contributed by atoms with van der Waals surface area (Å²) in [6.07, 6.45) is 3.47. The molecule has 0 radical (unpaired) electrons. The lowest BCUT2D eigenvalue weighted by atomic mass is 9.94. The second-order valence-corrected chi connectivity index (χ2v) is 23.5. The molecular formula is C65H98N14O12S2. The Morgan fingerprint density at radius 3 is 1.46 bits per heavy atom. The highest BCUT2D eigenvalue weighted by Gasteiger charge is 2.31. The molecule has 26 nitrogen and oxygen atoms in total. The van der Waals surface area contributed by atoms with Crippen LogP contribution in [0.25, 0.3) is 0 Å². The lowest BCUT2D eigenvalue weighted by Gasteiger charge is -2.39. The summed E-state index contributed by atoms with van der Waals surface area (Å²) < 4.78 is 27.4. The highest BCUT2D eigenvalue weighted by molar-refractivity contribution is 7.59. The van der Waals surface area contributed by atoms with Gasteiger partial charge in [-0.15, -0.1) is 0 Å². The van der Waals surface area contributed by atoms with Gasteiger partial charge in [0.15, 0.2) is 30.0 Å². The van der Waals surface area contributed by atoms with Crippen LogP contribution in [0.3, 0.4) is 0 Å². The molecule has 4 aromatic heterocycles. The molecule has 0 saturated carbocycles. The van der Waals surface area contributed by atoms with Gasteiger partial charge in [-0.3, -0.25) is 24.2 Å². The minimum atomic E-state index is -0.740. The number of anilines is 2. The molecule has 8 heterocycles. The Bertz CT molecular complexity index is 3390. The third-order valence-electron chi connectivity index (χ3n) is 16.1. The Balaban J connectivity index is 0.000000314. The van der Waals surface area contributed by atoms with E-state index in [1.165, 1.54) is 47.7 Å². The van der Waals surface area contributed by atoms with E-state index in [1.807, 2.05) is 53.7 Å². The van der Waals surface area contributed by atoms with E-state index in [4.69, 9.17) is 33.9 Å². The number of hydrogen-bond acceptors (Lipinski definition) is 23. The molecule has 0 aliphatic carbocycles. The van der Waals surface area contributed by atoms with Crippen molar-refractivity contribution in [2.24, 2.45) is 5.73 Å². The van der Waals surface area contributed by atoms with E-state index >= 15 is 0 Å². The maximum atomic E-state index is 13.0. The Morgan fingerprint density at radius 2 is 1.08 bits per heavy atom. The second-order valence-electron chi connectivity index (χ2n) is 23.5.